The normalized spacial score (nSPS) is 14.1. The molecule has 176 valence electrons. The monoisotopic (exact) mass is 453 g/mol. The second-order valence-electron chi connectivity index (χ2n) is 9.28. The van der Waals surface area contributed by atoms with Crippen molar-refractivity contribution >= 4 is 16.8 Å². The standard InChI is InChI=1S/C27H33F2N3O/c1-19(2)27(33)30-14-5-3-4-6-15-31-16-13-26-24(18-31)23-17-21(29)9-12-25(23)32(26)22-10-7-20(28)8-11-22/h7-12,17,19H,3-6,13-16,18H2,1-2H3,(H,30,33). The predicted octanol–water partition coefficient (Wildman–Crippen LogP) is 5.60. The van der Waals surface area contributed by atoms with Gasteiger partial charge in [-0.2, -0.15) is 0 Å². The number of carbonyl (C=O) groups excluding carboxylic acids is 1. The number of aromatic nitrogens is 1. The van der Waals surface area contributed by atoms with E-state index in [4.69, 9.17) is 0 Å². The maximum absolute atomic E-state index is 14.1. The minimum Gasteiger partial charge on any atom is -0.356 e. The Morgan fingerprint density at radius 2 is 1.73 bits per heavy atom. The van der Waals surface area contributed by atoms with E-state index >= 15 is 0 Å². The van der Waals surface area contributed by atoms with E-state index in [0.29, 0.717) is 0 Å². The first-order valence-corrected chi connectivity index (χ1v) is 12.0. The third kappa shape index (κ3) is 5.44. The van der Waals surface area contributed by atoms with Crippen LogP contribution in [0.1, 0.15) is 50.8 Å². The average Bonchev–Trinajstić information content (AvgIpc) is 3.11. The molecule has 1 aliphatic rings. The van der Waals surface area contributed by atoms with E-state index < -0.39 is 0 Å². The molecule has 1 aliphatic heterocycles. The molecule has 0 saturated heterocycles. The van der Waals surface area contributed by atoms with Gasteiger partial charge in [0, 0.05) is 48.7 Å². The lowest BCUT2D eigenvalue weighted by molar-refractivity contribution is -0.123. The van der Waals surface area contributed by atoms with Crippen LogP contribution in [0, 0.1) is 17.6 Å². The molecule has 33 heavy (non-hydrogen) atoms. The first-order chi connectivity index (χ1) is 15.9. The predicted molar refractivity (Wildman–Crippen MR) is 128 cm³/mol. The fourth-order valence-electron chi connectivity index (χ4n) is 4.69. The van der Waals surface area contributed by atoms with Crippen molar-refractivity contribution in [2.45, 2.75) is 52.5 Å². The van der Waals surface area contributed by atoms with Crippen LogP contribution in [0.3, 0.4) is 0 Å². The van der Waals surface area contributed by atoms with Crippen molar-refractivity contribution < 1.29 is 13.6 Å². The number of nitrogens with one attached hydrogen (secondary N) is 1. The molecule has 1 aromatic heterocycles. The summed E-state index contributed by atoms with van der Waals surface area (Å²) >= 11 is 0. The molecule has 0 saturated carbocycles. The van der Waals surface area contributed by atoms with Crippen LogP contribution in [0.15, 0.2) is 42.5 Å². The molecule has 0 unspecified atom stereocenters. The number of rotatable bonds is 9. The van der Waals surface area contributed by atoms with Crippen molar-refractivity contribution in [2.75, 3.05) is 19.6 Å². The summed E-state index contributed by atoms with van der Waals surface area (Å²) in [7, 11) is 0. The first kappa shape index (κ1) is 23.4. The zero-order valence-corrected chi connectivity index (χ0v) is 19.5. The first-order valence-electron chi connectivity index (χ1n) is 12.0. The molecular weight excluding hydrogens is 420 g/mol. The molecule has 0 bridgehead atoms. The van der Waals surface area contributed by atoms with Crippen LogP contribution in [0.4, 0.5) is 8.78 Å². The highest BCUT2D eigenvalue weighted by Crippen LogP contribution is 2.34. The lowest BCUT2D eigenvalue weighted by atomic mass is 10.0. The quantitative estimate of drug-likeness (QED) is 0.428. The Kier molecular flexibility index (Phi) is 7.43. The fourth-order valence-corrected chi connectivity index (χ4v) is 4.69. The largest absolute Gasteiger partial charge is 0.356 e. The molecule has 2 aromatic carbocycles. The summed E-state index contributed by atoms with van der Waals surface area (Å²) in [6, 6.07) is 11.5. The molecule has 3 aromatic rings. The molecule has 1 N–H and O–H groups in total. The van der Waals surface area contributed by atoms with Crippen molar-refractivity contribution in [3.05, 3.63) is 65.4 Å². The number of hydrogen-bond acceptors (Lipinski definition) is 2. The van der Waals surface area contributed by atoms with Gasteiger partial charge >= 0.3 is 0 Å². The summed E-state index contributed by atoms with van der Waals surface area (Å²) in [6.45, 7) is 7.33. The third-order valence-electron chi connectivity index (χ3n) is 6.50. The van der Waals surface area contributed by atoms with Gasteiger partial charge in [-0.3, -0.25) is 9.69 Å². The zero-order chi connectivity index (χ0) is 23.4. The Morgan fingerprint density at radius 1 is 1.00 bits per heavy atom. The molecule has 0 atom stereocenters. The van der Waals surface area contributed by atoms with Crippen molar-refractivity contribution in [1.82, 2.24) is 14.8 Å². The minimum atomic E-state index is -0.261. The number of hydrogen-bond donors (Lipinski definition) is 1. The Bertz CT molecular complexity index is 1100. The van der Waals surface area contributed by atoms with Crippen LogP contribution in [0.2, 0.25) is 0 Å². The maximum Gasteiger partial charge on any atom is 0.222 e. The summed E-state index contributed by atoms with van der Waals surface area (Å²) in [6.07, 6.45) is 5.23. The van der Waals surface area contributed by atoms with E-state index in [1.54, 1.807) is 18.2 Å². The van der Waals surface area contributed by atoms with Crippen LogP contribution in [-0.2, 0) is 17.8 Å². The number of benzene rings is 2. The van der Waals surface area contributed by atoms with E-state index in [-0.39, 0.29) is 23.5 Å². The fraction of sp³-hybridized carbons (Fsp3) is 0.444. The number of nitrogens with zero attached hydrogens (tertiary/aromatic N) is 2. The van der Waals surface area contributed by atoms with Gasteiger partial charge < -0.3 is 9.88 Å². The summed E-state index contributed by atoms with van der Waals surface area (Å²) in [4.78, 5) is 14.0. The van der Waals surface area contributed by atoms with Gasteiger partial charge in [0.2, 0.25) is 5.91 Å². The Labute approximate surface area is 194 Å². The maximum atomic E-state index is 14.1. The minimum absolute atomic E-state index is 0.0384. The summed E-state index contributed by atoms with van der Waals surface area (Å²) < 4.78 is 29.8. The van der Waals surface area contributed by atoms with E-state index in [9.17, 15) is 13.6 Å². The SMILES string of the molecule is CC(C)C(=O)NCCCCCCN1CCc2c(c3cc(F)ccc3n2-c2ccc(F)cc2)C1. The van der Waals surface area contributed by atoms with Gasteiger partial charge in [-0.15, -0.1) is 0 Å². The zero-order valence-electron chi connectivity index (χ0n) is 19.5. The summed E-state index contributed by atoms with van der Waals surface area (Å²) in [5.41, 5.74) is 4.25. The van der Waals surface area contributed by atoms with Crippen molar-refractivity contribution in [2.24, 2.45) is 5.92 Å². The smallest absolute Gasteiger partial charge is 0.222 e. The van der Waals surface area contributed by atoms with E-state index in [1.165, 1.54) is 29.5 Å². The molecule has 6 heteroatoms. The molecule has 2 heterocycles. The number of carbonyl (C=O) groups is 1. The summed E-state index contributed by atoms with van der Waals surface area (Å²) in [5.74, 6) is -0.335. The number of unbranched alkanes of at least 4 members (excludes halogenated alkanes) is 3. The highest BCUT2D eigenvalue weighted by molar-refractivity contribution is 5.87. The second-order valence-corrected chi connectivity index (χ2v) is 9.28. The molecular formula is C27H33F2N3O. The summed E-state index contributed by atoms with van der Waals surface area (Å²) in [5, 5.41) is 3.92. The molecule has 4 nitrogen and oxygen atoms in total. The van der Waals surface area contributed by atoms with E-state index in [2.05, 4.69) is 14.8 Å². The van der Waals surface area contributed by atoms with Crippen LogP contribution in [0.5, 0.6) is 0 Å². The van der Waals surface area contributed by atoms with Crippen LogP contribution < -0.4 is 5.32 Å². The highest BCUT2D eigenvalue weighted by Gasteiger charge is 2.24. The van der Waals surface area contributed by atoms with Crippen LogP contribution in [-0.4, -0.2) is 35.0 Å². The van der Waals surface area contributed by atoms with Gasteiger partial charge in [-0.1, -0.05) is 26.7 Å². The molecule has 0 radical (unpaired) electrons. The van der Waals surface area contributed by atoms with Gasteiger partial charge in [0.05, 0.1) is 5.52 Å². The van der Waals surface area contributed by atoms with E-state index in [0.717, 1.165) is 74.9 Å². The number of fused-ring (bicyclic) bond motifs is 3. The van der Waals surface area contributed by atoms with Crippen LogP contribution >= 0.6 is 0 Å². The van der Waals surface area contributed by atoms with Crippen molar-refractivity contribution in [1.29, 1.82) is 0 Å². The Morgan fingerprint density at radius 3 is 2.48 bits per heavy atom. The highest BCUT2D eigenvalue weighted by atomic mass is 19.1. The number of amides is 1. The van der Waals surface area contributed by atoms with Crippen LogP contribution in [0.25, 0.3) is 16.6 Å². The lowest BCUT2D eigenvalue weighted by Crippen LogP contribution is -2.32. The third-order valence-corrected chi connectivity index (χ3v) is 6.50. The van der Waals surface area contributed by atoms with E-state index in [1.807, 2.05) is 19.9 Å². The lowest BCUT2D eigenvalue weighted by Gasteiger charge is -2.28. The second kappa shape index (κ2) is 10.5. The average molecular weight is 454 g/mol. The molecule has 0 aliphatic carbocycles. The number of halogens is 2. The van der Waals surface area contributed by atoms with Gasteiger partial charge in [0.15, 0.2) is 0 Å². The van der Waals surface area contributed by atoms with Crippen molar-refractivity contribution in [3.8, 4) is 5.69 Å². The van der Waals surface area contributed by atoms with Gasteiger partial charge in [0.25, 0.3) is 0 Å². The van der Waals surface area contributed by atoms with Gasteiger partial charge in [0.1, 0.15) is 11.6 Å². The molecule has 1 amide bonds. The Hall–Kier alpha value is -2.73. The topological polar surface area (TPSA) is 37.3 Å². The van der Waals surface area contributed by atoms with Gasteiger partial charge in [-0.05, 0) is 67.4 Å². The molecule has 0 spiro atoms. The Balaban J connectivity index is 1.39. The molecule has 4 rings (SSSR count). The molecule has 0 fully saturated rings. The van der Waals surface area contributed by atoms with Gasteiger partial charge in [-0.25, -0.2) is 8.78 Å². The van der Waals surface area contributed by atoms with Crippen molar-refractivity contribution in [3.63, 3.8) is 0 Å².